The third-order valence-corrected chi connectivity index (χ3v) is 3.62. The minimum Gasteiger partial charge on any atom is -0.293 e. The largest absolute Gasteiger partial charge is 0.293 e. The predicted octanol–water partition coefficient (Wildman–Crippen LogP) is 0.875. The number of carbonyl (C=O) groups is 1. The van der Waals surface area contributed by atoms with Crippen LogP contribution in [0.15, 0.2) is 0 Å². The standard InChI is InChI=1S/C11H23N3O/c1-8-5-4-6-10(7-8)14(3)9(2)11(15)13-12/h8-10H,4-7,12H2,1-3H3,(H,13,15). The molecule has 4 heteroatoms. The van der Waals surface area contributed by atoms with Crippen LogP contribution in [0, 0.1) is 5.92 Å². The zero-order chi connectivity index (χ0) is 11.4. The van der Waals surface area contributed by atoms with Crippen molar-refractivity contribution in [3.8, 4) is 0 Å². The third-order valence-electron chi connectivity index (χ3n) is 3.62. The number of carbonyl (C=O) groups excluding carboxylic acids is 1. The molecule has 1 aliphatic rings. The SMILES string of the molecule is CC1CCCC(N(C)C(C)C(=O)NN)C1. The fourth-order valence-electron chi connectivity index (χ4n) is 2.39. The van der Waals surface area contributed by atoms with E-state index in [0.717, 1.165) is 5.92 Å². The minimum absolute atomic E-state index is 0.101. The summed E-state index contributed by atoms with van der Waals surface area (Å²) in [6.45, 7) is 4.19. The first kappa shape index (κ1) is 12.5. The highest BCUT2D eigenvalue weighted by Gasteiger charge is 2.27. The van der Waals surface area contributed by atoms with Crippen molar-refractivity contribution in [1.82, 2.24) is 10.3 Å². The molecule has 15 heavy (non-hydrogen) atoms. The van der Waals surface area contributed by atoms with Gasteiger partial charge in [0, 0.05) is 6.04 Å². The van der Waals surface area contributed by atoms with Crippen LogP contribution in [0.2, 0.25) is 0 Å². The van der Waals surface area contributed by atoms with Gasteiger partial charge in [-0.25, -0.2) is 5.84 Å². The lowest BCUT2D eigenvalue weighted by atomic mass is 9.86. The van der Waals surface area contributed by atoms with E-state index in [1.54, 1.807) is 0 Å². The summed E-state index contributed by atoms with van der Waals surface area (Å²) >= 11 is 0. The van der Waals surface area contributed by atoms with Gasteiger partial charge >= 0.3 is 0 Å². The average molecular weight is 213 g/mol. The summed E-state index contributed by atoms with van der Waals surface area (Å²) in [5.41, 5.74) is 2.22. The quantitative estimate of drug-likeness (QED) is 0.415. The van der Waals surface area contributed by atoms with Crippen molar-refractivity contribution in [2.45, 2.75) is 51.6 Å². The van der Waals surface area contributed by atoms with E-state index >= 15 is 0 Å². The lowest BCUT2D eigenvalue weighted by Crippen LogP contribution is -2.50. The second-order valence-electron chi connectivity index (χ2n) is 4.78. The fourth-order valence-corrected chi connectivity index (χ4v) is 2.39. The molecule has 0 aromatic heterocycles. The lowest BCUT2D eigenvalue weighted by Gasteiger charge is -2.36. The fraction of sp³-hybridized carbons (Fsp3) is 0.909. The molecule has 88 valence electrons. The Bertz CT molecular complexity index is 220. The Balaban J connectivity index is 2.51. The number of nitrogens with zero attached hydrogens (tertiary/aromatic N) is 1. The van der Waals surface area contributed by atoms with Gasteiger partial charge in [-0.05, 0) is 32.7 Å². The number of likely N-dealkylation sites (N-methyl/N-ethyl adjacent to an activating group) is 1. The minimum atomic E-state index is -0.134. The first-order valence-electron chi connectivity index (χ1n) is 5.78. The maximum atomic E-state index is 11.4. The number of hydrazine groups is 1. The Morgan fingerprint density at radius 1 is 1.53 bits per heavy atom. The van der Waals surface area contributed by atoms with Crippen LogP contribution >= 0.6 is 0 Å². The molecule has 0 aromatic rings. The number of hydrogen-bond acceptors (Lipinski definition) is 3. The zero-order valence-corrected chi connectivity index (χ0v) is 9.99. The molecule has 1 amide bonds. The smallest absolute Gasteiger partial charge is 0.250 e. The van der Waals surface area contributed by atoms with E-state index in [9.17, 15) is 4.79 Å². The summed E-state index contributed by atoms with van der Waals surface area (Å²) in [5, 5.41) is 0. The van der Waals surface area contributed by atoms with E-state index in [4.69, 9.17) is 5.84 Å². The summed E-state index contributed by atoms with van der Waals surface area (Å²) in [5.74, 6) is 5.82. The second kappa shape index (κ2) is 5.47. The highest BCUT2D eigenvalue weighted by molar-refractivity contribution is 5.80. The van der Waals surface area contributed by atoms with E-state index in [-0.39, 0.29) is 11.9 Å². The van der Waals surface area contributed by atoms with Gasteiger partial charge in [-0.3, -0.25) is 15.1 Å². The molecular weight excluding hydrogens is 190 g/mol. The summed E-state index contributed by atoms with van der Waals surface area (Å²) in [7, 11) is 2.02. The van der Waals surface area contributed by atoms with Crippen LogP contribution in [0.25, 0.3) is 0 Å². The van der Waals surface area contributed by atoms with Gasteiger partial charge < -0.3 is 0 Å². The molecule has 1 aliphatic carbocycles. The molecule has 4 nitrogen and oxygen atoms in total. The number of nitrogens with two attached hydrogens (primary N) is 1. The van der Waals surface area contributed by atoms with Gasteiger partial charge in [-0.2, -0.15) is 0 Å². The molecule has 0 radical (unpaired) electrons. The van der Waals surface area contributed by atoms with Crippen molar-refractivity contribution in [1.29, 1.82) is 0 Å². The number of rotatable bonds is 3. The zero-order valence-electron chi connectivity index (χ0n) is 9.99. The highest BCUT2D eigenvalue weighted by atomic mass is 16.2. The van der Waals surface area contributed by atoms with E-state index in [2.05, 4.69) is 17.2 Å². The van der Waals surface area contributed by atoms with Crippen LogP contribution in [-0.4, -0.2) is 29.9 Å². The summed E-state index contributed by atoms with van der Waals surface area (Å²) in [4.78, 5) is 13.6. The second-order valence-corrected chi connectivity index (χ2v) is 4.78. The van der Waals surface area contributed by atoms with Crippen molar-refractivity contribution in [3.05, 3.63) is 0 Å². The molecular formula is C11H23N3O. The van der Waals surface area contributed by atoms with Gasteiger partial charge in [-0.1, -0.05) is 19.8 Å². The summed E-state index contributed by atoms with van der Waals surface area (Å²) < 4.78 is 0. The number of hydrogen-bond donors (Lipinski definition) is 2. The molecule has 1 fully saturated rings. The maximum Gasteiger partial charge on any atom is 0.250 e. The predicted molar refractivity (Wildman–Crippen MR) is 61.0 cm³/mol. The molecule has 0 spiro atoms. The van der Waals surface area contributed by atoms with Crippen LogP contribution in [-0.2, 0) is 4.79 Å². The molecule has 3 N–H and O–H groups in total. The number of amides is 1. The normalized spacial score (nSPS) is 28.9. The Hall–Kier alpha value is -0.610. The van der Waals surface area contributed by atoms with E-state index < -0.39 is 0 Å². The monoisotopic (exact) mass is 213 g/mol. The van der Waals surface area contributed by atoms with Gasteiger partial charge in [0.25, 0.3) is 5.91 Å². The van der Waals surface area contributed by atoms with Gasteiger partial charge in [-0.15, -0.1) is 0 Å². The highest BCUT2D eigenvalue weighted by Crippen LogP contribution is 2.27. The van der Waals surface area contributed by atoms with Crippen molar-refractivity contribution in [3.63, 3.8) is 0 Å². The van der Waals surface area contributed by atoms with Crippen LogP contribution < -0.4 is 11.3 Å². The van der Waals surface area contributed by atoms with Crippen molar-refractivity contribution < 1.29 is 4.79 Å². The maximum absolute atomic E-state index is 11.4. The number of nitrogens with one attached hydrogen (secondary N) is 1. The third kappa shape index (κ3) is 3.18. The molecule has 0 bridgehead atoms. The van der Waals surface area contributed by atoms with Crippen molar-refractivity contribution in [2.75, 3.05) is 7.05 Å². The molecule has 3 atom stereocenters. The van der Waals surface area contributed by atoms with Crippen molar-refractivity contribution in [2.24, 2.45) is 11.8 Å². The Morgan fingerprint density at radius 2 is 2.20 bits per heavy atom. The topological polar surface area (TPSA) is 58.4 Å². The van der Waals surface area contributed by atoms with Crippen LogP contribution in [0.5, 0.6) is 0 Å². The molecule has 0 heterocycles. The molecule has 0 aromatic carbocycles. The molecule has 0 aliphatic heterocycles. The first-order valence-corrected chi connectivity index (χ1v) is 5.78. The van der Waals surface area contributed by atoms with Gasteiger partial charge in [0.2, 0.25) is 0 Å². The molecule has 0 saturated heterocycles. The summed E-state index contributed by atoms with van der Waals surface area (Å²) in [6, 6.07) is 0.395. The lowest BCUT2D eigenvalue weighted by molar-refractivity contribution is -0.126. The Kier molecular flexibility index (Phi) is 4.54. The van der Waals surface area contributed by atoms with E-state index in [1.807, 2.05) is 14.0 Å². The molecule has 1 rings (SSSR count). The van der Waals surface area contributed by atoms with Crippen LogP contribution in [0.1, 0.15) is 39.5 Å². The van der Waals surface area contributed by atoms with E-state index in [1.165, 1.54) is 25.7 Å². The average Bonchev–Trinajstić information content (AvgIpc) is 2.26. The van der Waals surface area contributed by atoms with E-state index in [0.29, 0.717) is 6.04 Å². The Morgan fingerprint density at radius 3 is 2.73 bits per heavy atom. The van der Waals surface area contributed by atoms with Crippen LogP contribution in [0.3, 0.4) is 0 Å². The summed E-state index contributed by atoms with van der Waals surface area (Å²) in [6.07, 6.45) is 4.98. The molecule has 1 saturated carbocycles. The Labute approximate surface area is 92.2 Å². The van der Waals surface area contributed by atoms with Gasteiger partial charge in [0.1, 0.15) is 0 Å². The molecule has 3 unspecified atom stereocenters. The van der Waals surface area contributed by atoms with Crippen molar-refractivity contribution >= 4 is 5.91 Å². The van der Waals surface area contributed by atoms with Gasteiger partial charge in [0.05, 0.1) is 6.04 Å². The van der Waals surface area contributed by atoms with Crippen LogP contribution in [0.4, 0.5) is 0 Å². The first-order chi connectivity index (χ1) is 7.06. The van der Waals surface area contributed by atoms with Gasteiger partial charge in [0.15, 0.2) is 0 Å².